The molecule has 1 aliphatic heterocycles. The van der Waals surface area contributed by atoms with Gasteiger partial charge in [0.15, 0.2) is 0 Å². The molecule has 17 heavy (non-hydrogen) atoms. The molecular formula is C11H20N2O4. The number of carbonyl (C=O) groups excluding carboxylic acids is 1. The highest BCUT2D eigenvalue weighted by Gasteiger charge is 2.24. The number of aliphatic carboxylic acids is 1. The van der Waals surface area contributed by atoms with Crippen molar-refractivity contribution in [1.82, 2.24) is 10.2 Å². The van der Waals surface area contributed by atoms with Crippen molar-refractivity contribution in [3.63, 3.8) is 0 Å². The van der Waals surface area contributed by atoms with Crippen LogP contribution in [0.5, 0.6) is 0 Å². The lowest BCUT2D eigenvalue weighted by Crippen LogP contribution is -2.43. The number of amides is 2. The van der Waals surface area contributed by atoms with Gasteiger partial charge in [-0.05, 0) is 26.2 Å². The quantitative estimate of drug-likeness (QED) is 0.653. The SMILES string of the molecule is CC(CCCC(=O)O)NC(=O)N1CCC(O)C1. The van der Waals surface area contributed by atoms with E-state index in [1.807, 2.05) is 6.92 Å². The third-order valence-electron chi connectivity index (χ3n) is 2.85. The first kappa shape index (κ1) is 13.8. The molecule has 0 radical (unpaired) electrons. The summed E-state index contributed by atoms with van der Waals surface area (Å²) in [4.78, 5) is 23.6. The summed E-state index contributed by atoms with van der Waals surface area (Å²) in [6.45, 7) is 2.81. The Labute approximate surface area is 101 Å². The number of aliphatic hydroxyl groups is 1. The molecule has 3 N–H and O–H groups in total. The molecule has 98 valence electrons. The standard InChI is InChI=1S/C11H20N2O4/c1-8(3-2-4-10(15)16)12-11(17)13-6-5-9(14)7-13/h8-9,14H,2-7H2,1H3,(H,12,17)(H,15,16). The summed E-state index contributed by atoms with van der Waals surface area (Å²) < 4.78 is 0. The molecule has 6 nitrogen and oxygen atoms in total. The molecule has 2 amide bonds. The number of β-amino-alcohol motifs (C(OH)–C–C–N with tert-alkyl or cyclic N) is 1. The van der Waals surface area contributed by atoms with Crippen LogP contribution in [0.3, 0.4) is 0 Å². The van der Waals surface area contributed by atoms with E-state index < -0.39 is 12.1 Å². The van der Waals surface area contributed by atoms with E-state index in [1.165, 1.54) is 0 Å². The van der Waals surface area contributed by atoms with Gasteiger partial charge < -0.3 is 20.4 Å². The number of carboxylic acid groups (broad SMARTS) is 1. The van der Waals surface area contributed by atoms with Gasteiger partial charge in [0, 0.05) is 25.6 Å². The van der Waals surface area contributed by atoms with Crippen LogP contribution >= 0.6 is 0 Å². The van der Waals surface area contributed by atoms with Crippen LogP contribution in [0.15, 0.2) is 0 Å². The lowest BCUT2D eigenvalue weighted by molar-refractivity contribution is -0.137. The summed E-state index contributed by atoms with van der Waals surface area (Å²) in [5, 5.41) is 20.6. The number of rotatable bonds is 5. The van der Waals surface area contributed by atoms with Crippen molar-refractivity contribution in [2.75, 3.05) is 13.1 Å². The predicted octanol–water partition coefficient (Wildman–Crippen LogP) is 0.406. The van der Waals surface area contributed by atoms with Crippen molar-refractivity contribution < 1.29 is 19.8 Å². The van der Waals surface area contributed by atoms with Crippen LogP contribution in [-0.2, 0) is 4.79 Å². The minimum atomic E-state index is -0.814. The van der Waals surface area contributed by atoms with Crippen molar-refractivity contribution in [3.05, 3.63) is 0 Å². The number of urea groups is 1. The highest BCUT2D eigenvalue weighted by atomic mass is 16.4. The highest BCUT2D eigenvalue weighted by Crippen LogP contribution is 2.09. The molecule has 0 aromatic rings. The molecule has 2 atom stereocenters. The summed E-state index contributed by atoms with van der Waals surface area (Å²) in [7, 11) is 0. The third kappa shape index (κ3) is 5.04. The maximum absolute atomic E-state index is 11.7. The zero-order valence-corrected chi connectivity index (χ0v) is 10.1. The first-order valence-corrected chi connectivity index (χ1v) is 5.94. The predicted molar refractivity (Wildman–Crippen MR) is 61.7 cm³/mol. The molecule has 0 spiro atoms. The number of hydrogen-bond acceptors (Lipinski definition) is 3. The van der Waals surface area contributed by atoms with Gasteiger partial charge in [-0.2, -0.15) is 0 Å². The van der Waals surface area contributed by atoms with Crippen LogP contribution < -0.4 is 5.32 Å². The Kier molecular flexibility index (Phi) is 5.21. The van der Waals surface area contributed by atoms with Crippen LogP contribution in [0.25, 0.3) is 0 Å². The van der Waals surface area contributed by atoms with Gasteiger partial charge in [-0.3, -0.25) is 4.79 Å². The molecule has 6 heteroatoms. The molecule has 0 saturated carbocycles. The third-order valence-corrected chi connectivity index (χ3v) is 2.85. The van der Waals surface area contributed by atoms with Gasteiger partial charge >= 0.3 is 12.0 Å². The van der Waals surface area contributed by atoms with E-state index in [0.29, 0.717) is 32.4 Å². The van der Waals surface area contributed by atoms with Gasteiger partial charge in [-0.15, -0.1) is 0 Å². The highest BCUT2D eigenvalue weighted by molar-refractivity contribution is 5.74. The van der Waals surface area contributed by atoms with Gasteiger partial charge in [-0.25, -0.2) is 4.79 Å². The zero-order chi connectivity index (χ0) is 12.8. The van der Waals surface area contributed by atoms with Gasteiger partial charge in [-0.1, -0.05) is 0 Å². The smallest absolute Gasteiger partial charge is 0.317 e. The van der Waals surface area contributed by atoms with E-state index >= 15 is 0 Å². The second kappa shape index (κ2) is 6.44. The number of nitrogens with one attached hydrogen (secondary N) is 1. The minimum Gasteiger partial charge on any atom is -0.481 e. The molecule has 0 bridgehead atoms. The number of carboxylic acids is 1. The van der Waals surface area contributed by atoms with Crippen molar-refractivity contribution in [1.29, 1.82) is 0 Å². The van der Waals surface area contributed by atoms with Gasteiger partial charge in [0.2, 0.25) is 0 Å². The summed E-state index contributed by atoms with van der Waals surface area (Å²) in [5.41, 5.74) is 0. The first-order chi connectivity index (χ1) is 7.99. The van der Waals surface area contributed by atoms with Crippen LogP contribution in [0, 0.1) is 0 Å². The van der Waals surface area contributed by atoms with E-state index in [2.05, 4.69) is 5.32 Å². The Hall–Kier alpha value is -1.30. The Bertz CT molecular complexity index is 283. The summed E-state index contributed by atoms with van der Waals surface area (Å²) in [5.74, 6) is -0.814. The van der Waals surface area contributed by atoms with Gasteiger partial charge in [0.05, 0.1) is 6.10 Å². The Morgan fingerprint density at radius 1 is 1.53 bits per heavy atom. The van der Waals surface area contributed by atoms with Crippen molar-refractivity contribution in [2.24, 2.45) is 0 Å². The molecule has 2 unspecified atom stereocenters. The fourth-order valence-corrected chi connectivity index (χ4v) is 1.86. The second-order valence-electron chi connectivity index (χ2n) is 4.53. The zero-order valence-electron chi connectivity index (χ0n) is 10.1. The molecule has 0 aromatic heterocycles. The van der Waals surface area contributed by atoms with Crippen molar-refractivity contribution >= 4 is 12.0 Å². The lowest BCUT2D eigenvalue weighted by atomic mass is 10.1. The Morgan fingerprint density at radius 3 is 2.76 bits per heavy atom. The monoisotopic (exact) mass is 244 g/mol. The number of hydrogen-bond donors (Lipinski definition) is 3. The molecule has 1 fully saturated rings. The second-order valence-corrected chi connectivity index (χ2v) is 4.53. The summed E-state index contributed by atoms with van der Waals surface area (Å²) >= 11 is 0. The van der Waals surface area contributed by atoms with Gasteiger partial charge in [0.25, 0.3) is 0 Å². The normalized spacial score (nSPS) is 21.3. The van der Waals surface area contributed by atoms with E-state index in [0.717, 1.165) is 0 Å². The summed E-state index contributed by atoms with van der Waals surface area (Å²) in [6, 6.07) is -0.219. The molecule has 1 rings (SSSR count). The molecule has 0 aliphatic carbocycles. The maximum Gasteiger partial charge on any atom is 0.317 e. The molecule has 1 heterocycles. The lowest BCUT2D eigenvalue weighted by Gasteiger charge is -2.20. The largest absolute Gasteiger partial charge is 0.481 e. The Morgan fingerprint density at radius 2 is 2.24 bits per heavy atom. The molecule has 1 saturated heterocycles. The molecular weight excluding hydrogens is 224 g/mol. The molecule has 0 aromatic carbocycles. The van der Waals surface area contributed by atoms with Crippen LogP contribution in [0.4, 0.5) is 4.79 Å². The van der Waals surface area contributed by atoms with Crippen LogP contribution in [0.1, 0.15) is 32.6 Å². The van der Waals surface area contributed by atoms with Crippen molar-refractivity contribution in [2.45, 2.75) is 44.8 Å². The van der Waals surface area contributed by atoms with Crippen LogP contribution in [0.2, 0.25) is 0 Å². The fraction of sp³-hybridized carbons (Fsp3) is 0.818. The topological polar surface area (TPSA) is 89.9 Å². The van der Waals surface area contributed by atoms with E-state index in [4.69, 9.17) is 5.11 Å². The summed E-state index contributed by atoms with van der Waals surface area (Å²) in [6.07, 6.45) is 1.54. The Balaban J connectivity index is 2.19. The average molecular weight is 244 g/mol. The van der Waals surface area contributed by atoms with E-state index in [9.17, 15) is 14.7 Å². The van der Waals surface area contributed by atoms with Crippen molar-refractivity contribution in [3.8, 4) is 0 Å². The van der Waals surface area contributed by atoms with Crippen LogP contribution in [-0.4, -0.2) is 52.3 Å². The van der Waals surface area contributed by atoms with Gasteiger partial charge in [0.1, 0.15) is 0 Å². The fourth-order valence-electron chi connectivity index (χ4n) is 1.86. The number of likely N-dealkylation sites (tertiary alicyclic amines) is 1. The average Bonchev–Trinajstić information content (AvgIpc) is 2.64. The number of carbonyl (C=O) groups is 2. The minimum absolute atomic E-state index is 0.0420. The molecule has 1 aliphatic rings. The number of aliphatic hydroxyl groups excluding tert-OH is 1. The first-order valence-electron chi connectivity index (χ1n) is 5.94. The number of nitrogens with zero attached hydrogens (tertiary/aromatic N) is 1. The van der Waals surface area contributed by atoms with E-state index in [-0.39, 0.29) is 18.5 Å². The van der Waals surface area contributed by atoms with E-state index in [1.54, 1.807) is 4.90 Å². The maximum atomic E-state index is 11.7.